The SMILES string of the molecule is COc1cccnc1NC(=O)Nc1ccc(CC(=O)N2CCNC(=O)C2CC(C)C)cc1. The highest BCUT2D eigenvalue weighted by molar-refractivity contribution is 6.00. The summed E-state index contributed by atoms with van der Waals surface area (Å²) >= 11 is 0. The van der Waals surface area contributed by atoms with Crippen LogP contribution in [0.1, 0.15) is 25.8 Å². The van der Waals surface area contributed by atoms with E-state index in [-0.39, 0.29) is 18.2 Å². The Hall–Kier alpha value is -3.62. The number of hydrogen-bond acceptors (Lipinski definition) is 5. The molecule has 1 unspecified atom stereocenters. The normalized spacial score (nSPS) is 15.8. The zero-order valence-corrected chi connectivity index (χ0v) is 18.6. The molecule has 1 fully saturated rings. The van der Waals surface area contributed by atoms with E-state index in [0.29, 0.717) is 42.7 Å². The number of carbonyl (C=O) groups is 3. The Kier molecular flexibility index (Phi) is 7.64. The van der Waals surface area contributed by atoms with E-state index in [0.717, 1.165) is 5.56 Å². The van der Waals surface area contributed by atoms with Crippen molar-refractivity contribution in [3.63, 3.8) is 0 Å². The van der Waals surface area contributed by atoms with Gasteiger partial charge in [0.15, 0.2) is 11.6 Å². The molecule has 9 nitrogen and oxygen atoms in total. The first-order valence-corrected chi connectivity index (χ1v) is 10.6. The zero-order valence-electron chi connectivity index (χ0n) is 18.6. The van der Waals surface area contributed by atoms with Crippen LogP contribution in [0.15, 0.2) is 42.6 Å². The number of carbonyl (C=O) groups excluding carboxylic acids is 3. The Balaban J connectivity index is 1.58. The number of aromatic nitrogens is 1. The van der Waals surface area contributed by atoms with Gasteiger partial charge in [-0.3, -0.25) is 14.9 Å². The molecule has 1 saturated heterocycles. The molecule has 1 aliphatic rings. The Bertz CT molecular complexity index is 961. The predicted octanol–water partition coefficient (Wildman–Crippen LogP) is 2.65. The lowest BCUT2D eigenvalue weighted by Gasteiger charge is -2.36. The lowest BCUT2D eigenvalue weighted by atomic mass is 9.99. The summed E-state index contributed by atoms with van der Waals surface area (Å²) in [5, 5.41) is 8.21. The van der Waals surface area contributed by atoms with Gasteiger partial charge in [-0.25, -0.2) is 9.78 Å². The van der Waals surface area contributed by atoms with Crippen molar-refractivity contribution < 1.29 is 19.1 Å². The standard InChI is InChI=1S/C23H29N5O4/c1-15(2)13-18-22(30)25-11-12-28(18)20(29)14-16-6-8-17(9-7-16)26-23(31)27-21-19(32-3)5-4-10-24-21/h4-10,15,18H,11-14H2,1-3H3,(H,25,30)(H2,24,26,27,31). The lowest BCUT2D eigenvalue weighted by molar-refractivity contribution is -0.143. The van der Waals surface area contributed by atoms with Gasteiger partial charge in [-0.1, -0.05) is 26.0 Å². The molecular weight excluding hydrogens is 410 g/mol. The number of rotatable bonds is 7. The van der Waals surface area contributed by atoms with E-state index in [2.05, 4.69) is 20.9 Å². The van der Waals surface area contributed by atoms with Crippen molar-refractivity contribution in [2.45, 2.75) is 32.7 Å². The zero-order chi connectivity index (χ0) is 23.1. The van der Waals surface area contributed by atoms with Gasteiger partial charge in [0.1, 0.15) is 6.04 Å². The number of methoxy groups -OCH3 is 1. The van der Waals surface area contributed by atoms with Gasteiger partial charge in [-0.15, -0.1) is 0 Å². The molecule has 0 spiro atoms. The van der Waals surface area contributed by atoms with E-state index < -0.39 is 12.1 Å². The molecule has 2 aromatic rings. The third-order valence-electron chi connectivity index (χ3n) is 5.14. The highest BCUT2D eigenvalue weighted by Crippen LogP contribution is 2.21. The Morgan fingerprint density at radius 1 is 1.22 bits per heavy atom. The number of anilines is 2. The predicted molar refractivity (Wildman–Crippen MR) is 122 cm³/mol. The van der Waals surface area contributed by atoms with Crippen molar-refractivity contribution in [3.8, 4) is 5.75 Å². The minimum absolute atomic E-state index is 0.0776. The van der Waals surface area contributed by atoms with Crippen molar-refractivity contribution in [2.24, 2.45) is 5.92 Å². The van der Waals surface area contributed by atoms with Crippen molar-refractivity contribution >= 4 is 29.4 Å². The molecular formula is C23H29N5O4. The van der Waals surface area contributed by atoms with E-state index in [9.17, 15) is 14.4 Å². The molecule has 1 aliphatic heterocycles. The molecule has 32 heavy (non-hydrogen) atoms. The number of hydrogen-bond donors (Lipinski definition) is 3. The molecule has 170 valence electrons. The summed E-state index contributed by atoms with van der Waals surface area (Å²) in [6.45, 7) is 5.06. The lowest BCUT2D eigenvalue weighted by Crippen LogP contribution is -2.57. The summed E-state index contributed by atoms with van der Waals surface area (Å²) in [4.78, 5) is 43.2. The van der Waals surface area contributed by atoms with Gasteiger partial charge in [-0.05, 0) is 42.2 Å². The van der Waals surface area contributed by atoms with E-state index in [1.54, 1.807) is 47.5 Å². The average molecular weight is 440 g/mol. The fourth-order valence-electron chi connectivity index (χ4n) is 3.60. The maximum absolute atomic E-state index is 12.9. The molecule has 0 saturated carbocycles. The second kappa shape index (κ2) is 10.6. The van der Waals surface area contributed by atoms with Crippen molar-refractivity contribution in [1.29, 1.82) is 0 Å². The molecule has 9 heteroatoms. The Labute approximate surface area is 187 Å². The number of urea groups is 1. The van der Waals surface area contributed by atoms with Gasteiger partial charge in [0, 0.05) is 25.0 Å². The van der Waals surface area contributed by atoms with Crippen molar-refractivity contribution in [2.75, 3.05) is 30.8 Å². The van der Waals surface area contributed by atoms with Crippen LogP contribution in [-0.4, -0.2) is 54.0 Å². The minimum Gasteiger partial charge on any atom is -0.493 e. The maximum atomic E-state index is 12.9. The van der Waals surface area contributed by atoms with Crippen LogP contribution in [0.5, 0.6) is 5.75 Å². The number of nitrogens with one attached hydrogen (secondary N) is 3. The van der Waals surface area contributed by atoms with Crippen LogP contribution in [0.25, 0.3) is 0 Å². The van der Waals surface area contributed by atoms with E-state index in [1.165, 1.54) is 7.11 Å². The van der Waals surface area contributed by atoms with Crippen LogP contribution in [-0.2, 0) is 16.0 Å². The molecule has 3 rings (SSSR count). The molecule has 3 N–H and O–H groups in total. The highest BCUT2D eigenvalue weighted by atomic mass is 16.5. The summed E-state index contributed by atoms with van der Waals surface area (Å²) < 4.78 is 5.17. The van der Waals surface area contributed by atoms with Gasteiger partial charge in [0.25, 0.3) is 0 Å². The second-order valence-corrected chi connectivity index (χ2v) is 8.03. The number of nitrogens with zero attached hydrogens (tertiary/aromatic N) is 2. The number of amides is 4. The molecule has 1 atom stereocenters. The van der Waals surface area contributed by atoms with E-state index in [4.69, 9.17) is 4.74 Å². The van der Waals surface area contributed by atoms with Crippen molar-refractivity contribution in [1.82, 2.24) is 15.2 Å². The molecule has 4 amide bonds. The summed E-state index contributed by atoms with van der Waals surface area (Å²) in [5.74, 6) is 0.913. The molecule has 1 aromatic carbocycles. The Morgan fingerprint density at radius 2 is 1.97 bits per heavy atom. The quantitative estimate of drug-likeness (QED) is 0.614. The van der Waals surface area contributed by atoms with Gasteiger partial charge >= 0.3 is 6.03 Å². The molecule has 0 bridgehead atoms. The first-order valence-electron chi connectivity index (χ1n) is 10.6. The maximum Gasteiger partial charge on any atom is 0.324 e. The molecule has 0 radical (unpaired) electrons. The van der Waals surface area contributed by atoms with Crippen molar-refractivity contribution in [3.05, 3.63) is 48.2 Å². The first kappa shape index (κ1) is 23.1. The average Bonchev–Trinajstić information content (AvgIpc) is 2.76. The fourth-order valence-corrected chi connectivity index (χ4v) is 3.60. The number of piperazine rings is 1. The van der Waals surface area contributed by atoms with Crippen LogP contribution in [0.3, 0.4) is 0 Å². The van der Waals surface area contributed by atoms with Crippen LogP contribution in [0, 0.1) is 5.92 Å². The van der Waals surface area contributed by atoms with Gasteiger partial charge in [-0.2, -0.15) is 0 Å². The third-order valence-corrected chi connectivity index (χ3v) is 5.14. The number of benzene rings is 1. The van der Waals surface area contributed by atoms with Crippen LogP contribution in [0.2, 0.25) is 0 Å². The van der Waals surface area contributed by atoms with Gasteiger partial charge in [0.05, 0.1) is 13.5 Å². The first-order chi connectivity index (χ1) is 15.4. The monoisotopic (exact) mass is 439 g/mol. The smallest absolute Gasteiger partial charge is 0.324 e. The van der Waals surface area contributed by atoms with Crippen LogP contribution in [0.4, 0.5) is 16.3 Å². The topological polar surface area (TPSA) is 113 Å². The summed E-state index contributed by atoms with van der Waals surface area (Å²) in [6.07, 6.45) is 2.39. The Morgan fingerprint density at radius 3 is 2.66 bits per heavy atom. The third kappa shape index (κ3) is 5.96. The van der Waals surface area contributed by atoms with Crippen LogP contribution >= 0.6 is 0 Å². The number of pyridine rings is 1. The summed E-state index contributed by atoms with van der Waals surface area (Å²) in [6, 6.07) is 9.56. The minimum atomic E-state index is -0.457. The summed E-state index contributed by atoms with van der Waals surface area (Å²) in [5.41, 5.74) is 1.38. The van der Waals surface area contributed by atoms with E-state index in [1.807, 2.05) is 13.8 Å². The molecule has 0 aliphatic carbocycles. The fraction of sp³-hybridized carbons (Fsp3) is 0.391. The van der Waals surface area contributed by atoms with Crippen LogP contribution < -0.4 is 20.7 Å². The summed E-state index contributed by atoms with van der Waals surface area (Å²) in [7, 11) is 1.50. The molecule has 1 aromatic heterocycles. The largest absolute Gasteiger partial charge is 0.493 e. The highest BCUT2D eigenvalue weighted by Gasteiger charge is 2.33. The second-order valence-electron chi connectivity index (χ2n) is 8.03. The van der Waals surface area contributed by atoms with Gasteiger partial charge < -0.3 is 20.3 Å². The number of ether oxygens (including phenoxy) is 1. The van der Waals surface area contributed by atoms with Gasteiger partial charge in [0.2, 0.25) is 11.8 Å². The van der Waals surface area contributed by atoms with E-state index >= 15 is 0 Å². The molecule has 2 heterocycles.